The van der Waals surface area contributed by atoms with Crippen molar-refractivity contribution in [1.29, 1.82) is 0 Å². The van der Waals surface area contributed by atoms with E-state index in [1.807, 2.05) is 16.9 Å². The molecule has 3 aromatic carbocycles. The van der Waals surface area contributed by atoms with Crippen molar-refractivity contribution in [2.75, 3.05) is 20.2 Å². The lowest BCUT2D eigenvalue weighted by Gasteiger charge is -2.34. The van der Waals surface area contributed by atoms with Crippen molar-refractivity contribution in [2.45, 2.75) is 49.9 Å². The van der Waals surface area contributed by atoms with E-state index in [1.165, 1.54) is 17.7 Å². The van der Waals surface area contributed by atoms with E-state index in [0.29, 0.717) is 13.1 Å². The Bertz CT molecular complexity index is 1680. The molecule has 1 aliphatic heterocycles. The van der Waals surface area contributed by atoms with Crippen LogP contribution in [-0.2, 0) is 26.8 Å². The molecule has 0 radical (unpaired) electrons. The summed E-state index contributed by atoms with van der Waals surface area (Å²) >= 11 is 0. The molecule has 2 aliphatic carbocycles. The first-order valence-electron chi connectivity index (χ1n) is 14.1. The van der Waals surface area contributed by atoms with Crippen LogP contribution in [0.15, 0.2) is 72.9 Å². The summed E-state index contributed by atoms with van der Waals surface area (Å²) in [6.07, 6.45) is 5.75. The monoisotopic (exact) mass is 559 g/mol. The van der Waals surface area contributed by atoms with Gasteiger partial charge in [0.25, 0.3) is 0 Å². The molecule has 0 spiro atoms. The predicted molar refractivity (Wildman–Crippen MR) is 153 cm³/mol. The summed E-state index contributed by atoms with van der Waals surface area (Å²) in [6.45, 7) is 3.20. The van der Waals surface area contributed by atoms with E-state index in [4.69, 9.17) is 4.74 Å². The highest BCUT2D eigenvalue weighted by Gasteiger charge is 2.61. The van der Waals surface area contributed by atoms with Gasteiger partial charge in [-0.1, -0.05) is 30.3 Å². The summed E-state index contributed by atoms with van der Waals surface area (Å²) in [5.74, 6) is -0.0841. The Morgan fingerprint density at radius 3 is 2.52 bits per heavy atom. The zero-order valence-electron chi connectivity index (χ0n) is 22.9. The van der Waals surface area contributed by atoms with Gasteiger partial charge in [0.05, 0.1) is 28.3 Å². The first-order chi connectivity index (χ1) is 19.2. The number of nitrogens with zero attached hydrogens (tertiary/aromatic N) is 3. The minimum absolute atomic E-state index is 0.193. The standard InChI is InChI=1S/C32H34FN3O3S/c1-22-14-30-24(18-34-36(30)28-10-8-27(33)9-11-28)15-23(22)16-31-20-32(39-2,25-6-4-3-5-7-25)17-26(31)19-35(21-31)40(37,38)29-12-13-29/h3-11,14-15,18,26,29H,12-13,16-17,19-21H2,1-2H3/t26-,31+,32-/m0/s1. The Hall–Kier alpha value is -3.07. The van der Waals surface area contributed by atoms with Gasteiger partial charge in [0.2, 0.25) is 10.0 Å². The number of aryl methyl sites for hydroxylation is 1. The van der Waals surface area contributed by atoms with E-state index in [9.17, 15) is 12.8 Å². The summed E-state index contributed by atoms with van der Waals surface area (Å²) in [4.78, 5) is 0. The zero-order valence-corrected chi connectivity index (χ0v) is 23.7. The molecule has 3 aliphatic rings. The average Bonchev–Trinajstić information content (AvgIpc) is 3.57. The molecule has 1 aromatic heterocycles. The molecule has 4 aromatic rings. The maximum atomic E-state index is 13.5. The van der Waals surface area contributed by atoms with Crippen molar-refractivity contribution < 1.29 is 17.5 Å². The van der Waals surface area contributed by atoms with Crippen LogP contribution in [0.1, 0.15) is 42.4 Å². The number of fused-ring (bicyclic) bond motifs is 2. The topological polar surface area (TPSA) is 64.4 Å². The Morgan fingerprint density at radius 2 is 1.82 bits per heavy atom. The number of hydrogen-bond acceptors (Lipinski definition) is 4. The molecule has 7 rings (SSSR count). The van der Waals surface area contributed by atoms with Crippen LogP contribution in [0.25, 0.3) is 16.6 Å². The van der Waals surface area contributed by atoms with Gasteiger partial charge in [-0.2, -0.15) is 5.10 Å². The molecule has 2 heterocycles. The fourth-order valence-corrected chi connectivity index (χ4v) is 9.33. The SMILES string of the molecule is CO[C@@]1(c2ccccc2)C[C@H]2CN(S(=O)(=O)C3CC3)C[C@@]2(Cc2cc3cnn(-c4ccc(F)cc4)c3cc2C)C1. The predicted octanol–water partition coefficient (Wildman–Crippen LogP) is 5.76. The number of methoxy groups -OCH3 is 1. The minimum Gasteiger partial charge on any atom is -0.373 e. The van der Waals surface area contributed by atoms with Crippen LogP contribution in [0.4, 0.5) is 4.39 Å². The second-order valence-corrected chi connectivity index (χ2v) is 14.3. The van der Waals surface area contributed by atoms with Gasteiger partial charge in [-0.05, 0) is 103 Å². The summed E-state index contributed by atoms with van der Waals surface area (Å²) in [7, 11) is -1.48. The third kappa shape index (κ3) is 4.11. The van der Waals surface area contributed by atoms with Crippen molar-refractivity contribution in [2.24, 2.45) is 11.3 Å². The average molecular weight is 560 g/mol. The third-order valence-electron chi connectivity index (χ3n) is 9.63. The van der Waals surface area contributed by atoms with Crippen molar-refractivity contribution in [3.63, 3.8) is 0 Å². The summed E-state index contributed by atoms with van der Waals surface area (Å²) in [6, 6.07) is 21.1. The fourth-order valence-electron chi connectivity index (χ4n) is 7.36. The lowest BCUT2D eigenvalue weighted by Crippen LogP contribution is -2.38. The highest BCUT2D eigenvalue weighted by molar-refractivity contribution is 7.90. The lowest BCUT2D eigenvalue weighted by molar-refractivity contribution is -0.0224. The molecule has 1 saturated heterocycles. The molecule has 0 N–H and O–H groups in total. The van der Waals surface area contributed by atoms with E-state index in [-0.39, 0.29) is 22.4 Å². The van der Waals surface area contributed by atoms with Crippen LogP contribution < -0.4 is 0 Å². The van der Waals surface area contributed by atoms with E-state index >= 15 is 0 Å². The van der Waals surface area contributed by atoms with E-state index in [2.05, 4.69) is 48.4 Å². The Balaban J connectivity index is 1.27. The van der Waals surface area contributed by atoms with Gasteiger partial charge in [-0.25, -0.2) is 21.8 Å². The molecule has 208 valence electrons. The number of rotatable bonds is 7. The van der Waals surface area contributed by atoms with Crippen LogP contribution in [0.5, 0.6) is 0 Å². The van der Waals surface area contributed by atoms with Crippen LogP contribution in [0.3, 0.4) is 0 Å². The van der Waals surface area contributed by atoms with Crippen LogP contribution in [-0.4, -0.2) is 48.0 Å². The first-order valence-corrected chi connectivity index (χ1v) is 15.6. The largest absolute Gasteiger partial charge is 0.373 e. The minimum atomic E-state index is -3.27. The molecule has 0 unspecified atom stereocenters. The van der Waals surface area contributed by atoms with E-state index in [0.717, 1.165) is 59.8 Å². The van der Waals surface area contributed by atoms with Gasteiger partial charge in [-0.15, -0.1) is 0 Å². The van der Waals surface area contributed by atoms with Crippen LogP contribution in [0, 0.1) is 24.1 Å². The van der Waals surface area contributed by atoms with Crippen LogP contribution >= 0.6 is 0 Å². The van der Waals surface area contributed by atoms with E-state index in [1.54, 1.807) is 23.5 Å². The van der Waals surface area contributed by atoms with Crippen molar-refractivity contribution in [1.82, 2.24) is 14.1 Å². The maximum Gasteiger partial charge on any atom is 0.217 e. The molecular formula is C32H34FN3O3S. The van der Waals surface area contributed by atoms with Gasteiger partial charge in [0, 0.05) is 25.6 Å². The quantitative estimate of drug-likeness (QED) is 0.289. The number of ether oxygens (including phenoxy) is 1. The molecule has 0 bridgehead atoms. The summed E-state index contributed by atoms with van der Waals surface area (Å²) < 4.78 is 50.2. The Labute approximate surface area is 234 Å². The van der Waals surface area contributed by atoms with Gasteiger partial charge in [0.1, 0.15) is 5.82 Å². The van der Waals surface area contributed by atoms with Crippen molar-refractivity contribution in [3.05, 3.63) is 95.4 Å². The first kappa shape index (κ1) is 25.9. The zero-order chi connectivity index (χ0) is 27.7. The molecule has 40 heavy (non-hydrogen) atoms. The van der Waals surface area contributed by atoms with Gasteiger partial charge < -0.3 is 4.74 Å². The Morgan fingerprint density at radius 1 is 1.07 bits per heavy atom. The molecule has 0 amide bonds. The molecule has 8 heteroatoms. The van der Waals surface area contributed by atoms with E-state index < -0.39 is 15.6 Å². The van der Waals surface area contributed by atoms with Gasteiger partial charge in [-0.3, -0.25) is 0 Å². The molecule has 3 fully saturated rings. The van der Waals surface area contributed by atoms with Gasteiger partial charge >= 0.3 is 0 Å². The number of hydrogen-bond donors (Lipinski definition) is 0. The van der Waals surface area contributed by atoms with Crippen molar-refractivity contribution >= 4 is 20.9 Å². The summed E-state index contributed by atoms with van der Waals surface area (Å²) in [5.41, 5.74) is 4.61. The van der Waals surface area contributed by atoms with Gasteiger partial charge in [0.15, 0.2) is 0 Å². The normalized spacial score (nSPS) is 26.9. The number of halogens is 1. The van der Waals surface area contributed by atoms with Crippen LogP contribution in [0.2, 0.25) is 0 Å². The number of benzene rings is 3. The second kappa shape index (κ2) is 9.23. The number of aromatic nitrogens is 2. The highest BCUT2D eigenvalue weighted by Crippen LogP contribution is 2.60. The molecule has 2 saturated carbocycles. The fraction of sp³-hybridized carbons (Fsp3) is 0.406. The highest BCUT2D eigenvalue weighted by atomic mass is 32.2. The van der Waals surface area contributed by atoms with Crippen molar-refractivity contribution in [3.8, 4) is 5.69 Å². The third-order valence-corrected chi connectivity index (χ3v) is 11.9. The lowest BCUT2D eigenvalue weighted by atomic mass is 9.74. The maximum absolute atomic E-state index is 13.5. The molecular weight excluding hydrogens is 525 g/mol. The summed E-state index contributed by atoms with van der Waals surface area (Å²) in [5, 5.41) is 5.41. The molecule has 6 nitrogen and oxygen atoms in total. The smallest absolute Gasteiger partial charge is 0.217 e. The molecule has 3 atom stereocenters. The second-order valence-electron chi connectivity index (χ2n) is 12.1. The Kier molecular flexibility index (Phi) is 5.97. The number of sulfonamides is 1.